The molecule has 16 heteroatoms. The molecule has 0 saturated carbocycles. The second-order valence-electron chi connectivity index (χ2n) is 9.17. The van der Waals surface area contributed by atoms with Gasteiger partial charge >= 0.3 is 17.9 Å². The van der Waals surface area contributed by atoms with E-state index in [9.17, 15) is 28.8 Å². The largest absolute Gasteiger partial charge is 0.480 e. The van der Waals surface area contributed by atoms with Crippen LogP contribution in [-0.4, -0.2) is 101 Å². The van der Waals surface area contributed by atoms with Crippen molar-refractivity contribution in [1.82, 2.24) is 15.5 Å². The molecule has 0 spiro atoms. The first kappa shape index (κ1) is 35.1. The van der Waals surface area contributed by atoms with Gasteiger partial charge in [0.25, 0.3) is 0 Å². The molecule has 1 aliphatic heterocycles. The molecule has 0 radical (unpaired) electrons. The van der Waals surface area contributed by atoms with Crippen molar-refractivity contribution in [3.05, 3.63) is 46.5 Å². The average Bonchev–Trinajstić information content (AvgIpc) is 2.96. The number of carbonyl (C=O) groups is 6. The van der Waals surface area contributed by atoms with Gasteiger partial charge in [-0.2, -0.15) is 0 Å². The van der Waals surface area contributed by atoms with Crippen LogP contribution >= 0.6 is 33.2 Å². The van der Waals surface area contributed by atoms with Gasteiger partial charge in [-0.05, 0) is 36.1 Å². The number of piperidine rings is 1. The fraction of sp³-hybridized carbons (Fsp3) is 0.462. The number of allylic oxidation sites excluding steroid dienone is 1. The Hall–Kier alpha value is -3.11. The van der Waals surface area contributed by atoms with E-state index < -0.39 is 54.4 Å². The van der Waals surface area contributed by atoms with Gasteiger partial charge in [0, 0.05) is 35.5 Å². The third-order valence-corrected chi connectivity index (χ3v) is 9.47. The minimum absolute atomic E-state index is 0.0475. The maximum atomic E-state index is 12.8. The molecule has 1 aromatic rings. The van der Waals surface area contributed by atoms with E-state index in [0.717, 1.165) is 5.57 Å². The number of amides is 2. The van der Waals surface area contributed by atoms with Crippen LogP contribution in [0.25, 0.3) is 0 Å². The van der Waals surface area contributed by atoms with Crippen LogP contribution in [0.3, 0.4) is 0 Å². The van der Waals surface area contributed by atoms with Crippen LogP contribution in [0, 0.1) is 0 Å². The summed E-state index contributed by atoms with van der Waals surface area (Å²) in [6.45, 7) is 0.0813. The molecule has 1 fully saturated rings. The molecular weight excluding hydrogens is 612 g/mol. The normalized spacial score (nSPS) is 18.4. The molecule has 0 bridgehead atoms. The number of hydrogen-bond donors (Lipinski definition) is 5. The summed E-state index contributed by atoms with van der Waals surface area (Å²) >= 11 is 6.37. The van der Waals surface area contributed by atoms with Gasteiger partial charge in [-0.25, -0.2) is 4.79 Å². The van der Waals surface area contributed by atoms with Crippen molar-refractivity contribution < 1.29 is 43.7 Å². The zero-order chi connectivity index (χ0) is 31.2. The standard InChI is InChI=1S/C26H33ClN4O9S2/c1-40-26(39)23(16-4-2-3-5-17(16)27)31-10-8-20(15(13-31)9-11-32)42-41-14-19(24(36)29-12-22(34)35)30-21(33)7-6-18(28)25(37)38/h2-5,9,11,18-20,23H,6-8,10,12-14,28H2,1H3,(H,29,36)(H,30,33)(H,34,35)(H,37,38)/b15-9-. The lowest BCUT2D eigenvalue weighted by Gasteiger charge is -2.38. The first-order chi connectivity index (χ1) is 20.0. The number of methoxy groups -OCH3 is 1. The lowest BCUT2D eigenvalue weighted by Crippen LogP contribution is -2.49. The number of hydrogen-bond acceptors (Lipinski definition) is 11. The topological polar surface area (TPSA) is 205 Å². The summed E-state index contributed by atoms with van der Waals surface area (Å²) in [4.78, 5) is 72.9. The Morgan fingerprint density at radius 2 is 1.95 bits per heavy atom. The van der Waals surface area contributed by atoms with Crippen molar-refractivity contribution in [2.45, 2.75) is 42.6 Å². The van der Waals surface area contributed by atoms with E-state index in [0.29, 0.717) is 29.8 Å². The van der Waals surface area contributed by atoms with Crippen LogP contribution in [0.15, 0.2) is 35.9 Å². The van der Waals surface area contributed by atoms with Crippen LogP contribution in [-0.2, 0) is 33.5 Å². The summed E-state index contributed by atoms with van der Waals surface area (Å²) < 4.78 is 5.04. The number of benzene rings is 1. The third kappa shape index (κ3) is 10.9. The number of carbonyl (C=O) groups excluding carboxylic acids is 4. The van der Waals surface area contributed by atoms with Crippen LogP contribution in [0.1, 0.15) is 30.9 Å². The van der Waals surface area contributed by atoms with E-state index in [4.69, 9.17) is 32.3 Å². The van der Waals surface area contributed by atoms with E-state index >= 15 is 0 Å². The smallest absolute Gasteiger partial charge is 0.327 e. The number of nitrogens with one attached hydrogen (secondary N) is 2. The summed E-state index contributed by atoms with van der Waals surface area (Å²) in [5.41, 5.74) is 6.74. The lowest BCUT2D eigenvalue weighted by molar-refractivity contribution is -0.147. The summed E-state index contributed by atoms with van der Waals surface area (Å²) in [5.74, 6) is -4.31. The molecule has 0 aliphatic carbocycles. The SMILES string of the molecule is COC(=O)C(c1ccccc1Cl)N1CCC(SSCC(NC(=O)CCC(N)C(=O)O)C(=O)NCC(=O)O)/C(=C\C=O)C1. The Balaban J connectivity index is 2.08. The molecule has 4 atom stereocenters. The van der Waals surface area contributed by atoms with E-state index in [-0.39, 0.29) is 30.4 Å². The number of ether oxygens (including phenoxy) is 1. The Bertz CT molecular complexity index is 1190. The summed E-state index contributed by atoms with van der Waals surface area (Å²) in [6.07, 6.45) is 2.22. The second kappa shape index (κ2) is 17.8. The zero-order valence-electron chi connectivity index (χ0n) is 22.7. The van der Waals surface area contributed by atoms with Crippen molar-refractivity contribution in [3.63, 3.8) is 0 Å². The highest BCUT2D eigenvalue weighted by Gasteiger charge is 2.35. The van der Waals surface area contributed by atoms with Gasteiger partial charge in [0.05, 0.1) is 7.11 Å². The van der Waals surface area contributed by atoms with Crippen molar-refractivity contribution in [2.24, 2.45) is 5.73 Å². The number of carboxylic acid groups (broad SMARTS) is 2. The summed E-state index contributed by atoms with van der Waals surface area (Å²) in [7, 11) is 3.89. The van der Waals surface area contributed by atoms with Crippen molar-refractivity contribution in [1.29, 1.82) is 0 Å². The minimum atomic E-state index is -1.26. The number of nitrogens with zero attached hydrogens (tertiary/aromatic N) is 1. The molecule has 4 unspecified atom stereocenters. The van der Waals surface area contributed by atoms with Crippen LogP contribution in [0.4, 0.5) is 0 Å². The summed E-state index contributed by atoms with van der Waals surface area (Å²) in [6, 6.07) is 3.79. The van der Waals surface area contributed by atoms with E-state index in [1.54, 1.807) is 24.3 Å². The molecule has 230 valence electrons. The molecule has 13 nitrogen and oxygen atoms in total. The third-order valence-electron chi connectivity index (χ3n) is 6.23. The molecule has 1 aliphatic rings. The number of nitrogens with two attached hydrogens (primary N) is 1. The van der Waals surface area contributed by atoms with E-state index in [2.05, 4.69) is 10.6 Å². The second-order valence-corrected chi connectivity index (χ2v) is 12.2. The van der Waals surface area contributed by atoms with Crippen LogP contribution in [0.5, 0.6) is 0 Å². The molecule has 2 rings (SSSR count). The Kier molecular flexibility index (Phi) is 14.8. The lowest BCUT2D eigenvalue weighted by atomic mass is 9.98. The van der Waals surface area contributed by atoms with Gasteiger partial charge < -0.3 is 31.3 Å². The van der Waals surface area contributed by atoms with Crippen molar-refractivity contribution >= 4 is 69.2 Å². The molecule has 1 saturated heterocycles. The number of carboxylic acids is 2. The fourth-order valence-corrected chi connectivity index (χ4v) is 7.20. The van der Waals surface area contributed by atoms with Crippen molar-refractivity contribution in [3.8, 4) is 0 Å². The highest BCUT2D eigenvalue weighted by molar-refractivity contribution is 8.77. The maximum absolute atomic E-state index is 12.8. The van der Waals surface area contributed by atoms with Crippen LogP contribution < -0.4 is 16.4 Å². The first-order valence-electron chi connectivity index (χ1n) is 12.7. The predicted molar refractivity (Wildman–Crippen MR) is 158 cm³/mol. The maximum Gasteiger partial charge on any atom is 0.327 e. The number of esters is 1. The van der Waals surface area contributed by atoms with Gasteiger partial charge in [0.1, 0.15) is 31.0 Å². The molecule has 42 heavy (non-hydrogen) atoms. The van der Waals surface area contributed by atoms with Gasteiger partial charge in [-0.3, -0.25) is 28.9 Å². The van der Waals surface area contributed by atoms with Crippen molar-refractivity contribution in [2.75, 3.05) is 32.5 Å². The number of halogens is 1. The van der Waals surface area contributed by atoms with E-state index in [1.165, 1.54) is 34.8 Å². The van der Waals surface area contributed by atoms with Gasteiger partial charge in [-0.15, -0.1) is 0 Å². The predicted octanol–water partition coefficient (Wildman–Crippen LogP) is 1.01. The van der Waals surface area contributed by atoms with Gasteiger partial charge in [0.2, 0.25) is 11.8 Å². The number of aldehydes is 1. The monoisotopic (exact) mass is 644 g/mol. The van der Waals surface area contributed by atoms with Gasteiger partial charge in [0.15, 0.2) is 0 Å². The Labute approximate surface area is 255 Å². The average molecular weight is 645 g/mol. The molecule has 1 heterocycles. The van der Waals surface area contributed by atoms with E-state index in [1.807, 2.05) is 4.90 Å². The number of likely N-dealkylation sites (tertiary alicyclic amines) is 1. The molecule has 0 aromatic heterocycles. The zero-order valence-corrected chi connectivity index (χ0v) is 25.1. The Morgan fingerprint density at radius 3 is 2.57 bits per heavy atom. The quantitative estimate of drug-likeness (QED) is 0.0738. The van der Waals surface area contributed by atoms with Gasteiger partial charge in [-0.1, -0.05) is 51.4 Å². The molecule has 6 N–H and O–H groups in total. The molecule has 1 aromatic carbocycles. The minimum Gasteiger partial charge on any atom is -0.480 e. The molecule has 2 amide bonds. The number of rotatable bonds is 16. The summed E-state index contributed by atoms with van der Waals surface area (Å²) in [5, 5.41) is 22.8. The Morgan fingerprint density at radius 1 is 1.24 bits per heavy atom. The highest BCUT2D eigenvalue weighted by atomic mass is 35.5. The first-order valence-corrected chi connectivity index (χ1v) is 15.5. The van der Waals surface area contributed by atoms with Crippen LogP contribution in [0.2, 0.25) is 5.02 Å². The molecular formula is C26H33ClN4O9S2. The highest BCUT2D eigenvalue weighted by Crippen LogP contribution is 2.39. The number of aliphatic carboxylic acids is 2. The fourth-order valence-electron chi connectivity index (χ4n) is 4.08.